The second-order valence-electron chi connectivity index (χ2n) is 7.32. The third-order valence-corrected chi connectivity index (χ3v) is 5.32. The molecule has 4 rings (SSSR count). The van der Waals surface area contributed by atoms with E-state index in [1.807, 2.05) is 67.1 Å². The van der Waals surface area contributed by atoms with Crippen LogP contribution in [-0.4, -0.2) is 14.5 Å². The second kappa shape index (κ2) is 9.13. The summed E-state index contributed by atoms with van der Waals surface area (Å²) in [5, 5.41) is 9.78. The highest BCUT2D eigenvalue weighted by molar-refractivity contribution is 6.30. The van der Waals surface area contributed by atoms with Crippen LogP contribution >= 0.6 is 11.6 Å². The molecule has 5 nitrogen and oxygen atoms in total. The zero-order valence-corrected chi connectivity index (χ0v) is 18.0. The SMILES string of the molecule is Cc1ccc(COC(c2ccc(C#N)cc2)c2cncn2C)c(-c2cccc(Cl)c2)n1. The largest absolute Gasteiger partial charge is 0.362 e. The number of halogens is 1. The number of pyridine rings is 1. The maximum atomic E-state index is 9.12. The lowest BCUT2D eigenvalue weighted by Crippen LogP contribution is -2.11. The number of hydrogen-bond donors (Lipinski definition) is 0. The molecular formula is C25H21ClN4O. The Balaban J connectivity index is 1.68. The van der Waals surface area contributed by atoms with Gasteiger partial charge in [-0.15, -0.1) is 0 Å². The molecule has 0 radical (unpaired) electrons. The summed E-state index contributed by atoms with van der Waals surface area (Å²) in [4.78, 5) is 8.99. The Labute approximate surface area is 186 Å². The summed E-state index contributed by atoms with van der Waals surface area (Å²) in [6.07, 6.45) is 3.21. The smallest absolute Gasteiger partial charge is 0.124 e. The molecule has 0 saturated carbocycles. The molecule has 0 aliphatic heterocycles. The number of hydrogen-bond acceptors (Lipinski definition) is 4. The first-order chi connectivity index (χ1) is 15.0. The minimum atomic E-state index is -0.339. The number of aryl methyl sites for hydroxylation is 2. The summed E-state index contributed by atoms with van der Waals surface area (Å²) in [7, 11) is 1.94. The number of rotatable bonds is 6. The lowest BCUT2D eigenvalue weighted by Gasteiger charge is -2.20. The molecule has 0 N–H and O–H groups in total. The second-order valence-corrected chi connectivity index (χ2v) is 7.76. The van der Waals surface area contributed by atoms with Gasteiger partial charge < -0.3 is 9.30 Å². The third-order valence-electron chi connectivity index (χ3n) is 5.09. The van der Waals surface area contributed by atoms with E-state index in [9.17, 15) is 0 Å². The lowest BCUT2D eigenvalue weighted by molar-refractivity contribution is 0.0623. The fraction of sp³-hybridized carbons (Fsp3) is 0.160. The van der Waals surface area contributed by atoms with Gasteiger partial charge in [0.2, 0.25) is 0 Å². The minimum Gasteiger partial charge on any atom is -0.362 e. The normalized spacial score (nSPS) is 11.8. The molecule has 4 aromatic rings. The van der Waals surface area contributed by atoms with Crippen molar-refractivity contribution < 1.29 is 4.74 Å². The molecular weight excluding hydrogens is 408 g/mol. The molecule has 2 aromatic carbocycles. The summed E-state index contributed by atoms with van der Waals surface area (Å²) in [6.45, 7) is 2.32. The van der Waals surface area contributed by atoms with Gasteiger partial charge in [-0.05, 0) is 42.8 Å². The van der Waals surface area contributed by atoms with Crippen LogP contribution in [-0.2, 0) is 18.4 Å². The van der Waals surface area contributed by atoms with E-state index < -0.39 is 0 Å². The Morgan fingerprint density at radius 1 is 1.13 bits per heavy atom. The molecule has 0 aliphatic carbocycles. The Morgan fingerprint density at radius 2 is 1.94 bits per heavy atom. The van der Waals surface area contributed by atoms with Crippen LogP contribution in [0.4, 0.5) is 0 Å². The molecule has 0 saturated heterocycles. The molecule has 6 heteroatoms. The zero-order valence-electron chi connectivity index (χ0n) is 17.3. The highest BCUT2D eigenvalue weighted by atomic mass is 35.5. The van der Waals surface area contributed by atoms with Crippen LogP contribution in [0.1, 0.15) is 34.2 Å². The van der Waals surface area contributed by atoms with Gasteiger partial charge in [0.05, 0.1) is 42.2 Å². The maximum absolute atomic E-state index is 9.12. The molecule has 2 heterocycles. The first kappa shape index (κ1) is 20.8. The summed E-state index contributed by atoms with van der Waals surface area (Å²) < 4.78 is 8.37. The van der Waals surface area contributed by atoms with E-state index >= 15 is 0 Å². The van der Waals surface area contributed by atoms with Crippen molar-refractivity contribution in [2.75, 3.05) is 0 Å². The number of imidazole rings is 1. The topological polar surface area (TPSA) is 63.7 Å². The number of benzene rings is 2. The summed E-state index contributed by atoms with van der Waals surface area (Å²) in [5.74, 6) is 0. The van der Waals surface area contributed by atoms with E-state index in [-0.39, 0.29) is 6.10 Å². The Kier molecular flexibility index (Phi) is 6.13. The van der Waals surface area contributed by atoms with Gasteiger partial charge in [-0.1, -0.05) is 41.9 Å². The van der Waals surface area contributed by atoms with Crippen molar-refractivity contribution in [1.29, 1.82) is 5.26 Å². The Hall–Kier alpha value is -3.46. The van der Waals surface area contributed by atoms with Gasteiger partial charge >= 0.3 is 0 Å². The number of ether oxygens (including phenoxy) is 1. The predicted molar refractivity (Wildman–Crippen MR) is 120 cm³/mol. The standard InChI is InChI=1S/C25H21ClN4O/c1-17-6-9-21(24(29-17)20-4-3-5-22(26)12-20)15-31-25(23-14-28-16-30(23)2)19-10-7-18(13-27)8-11-19/h3-12,14,16,25H,15H2,1-2H3. The van der Waals surface area contributed by atoms with Crippen molar-refractivity contribution >= 4 is 11.6 Å². The van der Waals surface area contributed by atoms with Crippen LogP contribution in [0.25, 0.3) is 11.3 Å². The minimum absolute atomic E-state index is 0.339. The Bertz CT molecular complexity index is 1240. The van der Waals surface area contributed by atoms with Gasteiger partial charge in [-0.25, -0.2) is 4.98 Å². The molecule has 2 aromatic heterocycles. The highest BCUT2D eigenvalue weighted by Gasteiger charge is 2.20. The molecule has 1 atom stereocenters. The van der Waals surface area contributed by atoms with E-state index in [1.165, 1.54) is 0 Å². The summed E-state index contributed by atoms with van der Waals surface area (Å²) in [6, 6.07) is 21.3. The number of nitrogens with zero attached hydrogens (tertiary/aromatic N) is 4. The number of aromatic nitrogens is 3. The molecule has 0 amide bonds. The van der Waals surface area contributed by atoms with Gasteiger partial charge in [0, 0.05) is 28.9 Å². The summed E-state index contributed by atoms with van der Waals surface area (Å²) in [5.41, 5.74) is 6.18. The molecule has 0 aliphatic rings. The quantitative estimate of drug-likeness (QED) is 0.399. The maximum Gasteiger partial charge on any atom is 0.124 e. The van der Waals surface area contributed by atoms with Crippen LogP contribution in [0.2, 0.25) is 5.02 Å². The van der Waals surface area contributed by atoms with Gasteiger partial charge in [-0.2, -0.15) is 5.26 Å². The van der Waals surface area contributed by atoms with E-state index in [1.54, 1.807) is 24.7 Å². The third kappa shape index (κ3) is 4.66. The van der Waals surface area contributed by atoms with Crippen LogP contribution < -0.4 is 0 Å². The van der Waals surface area contributed by atoms with Crippen molar-refractivity contribution in [1.82, 2.24) is 14.5 Å². The lowest BCUT2D eigenvalue weighted by atomic mass is 10.0. The van der Waals surface area contributed by atoms with Crippen LogP contribution in [0.3, 0.4) is 0 Å². The summed E-state index contributed by atoms with van der Waals surface area (Å²) >= 11 is 6.21. The fourth-order valence-corrected chi connectivity index (χ4v) is 3.66. The highest BCUT2D eigenvalue weighted by Crippen LogP contribution is 2.30. The number of nitriles is 1. The predicted octanol–water partition coefficient (Wildman–Crippen LogP) is 5.62. The van der Waals surface area contributed by atoms with E-state index in [2.05, 4.69) is 11.1 Å². The van der Waals surface area contributed by atoms with Crippen LogP contribution in [0.5, 0.6) is 0 Å². The molecule has 0 fully saturated rings. The van der Waals surface area contributed by atoms with Crippen molar-refractivity contribution in [2.45, 2.75) is 19.6 Å². The first-order valence-corrected chi connectivity index (χ1v) is 10.2. The molecule has 0 bridgehead atoms. The van der Waals surface area contributed by atoms with Crippen molar-refractivity contribution in [3.8, 4) is 17.3 Å². The average Bonchev–Trinajstić information content (AvgIpc) is 3.21. The monoisotopic (exact) mass is 428 g/mol. The van der Waals surface area contributed by atoms with Crippen molar-refractivity contribution in [2.24, 2.45) is 7.05 Å². The van der Waals surface area contributed by atoms with Gasteiger partial charge in [0.15, 0.2) is 0 Å². The van der Waals surface area contributed by atoms with Crippen LogP contribution in [0, 0.1) is 18.3 Å². The Morgan fingerprint density at radius 3 is 2.61 bits per heavy atom. The molecule has 1 unspecified atom stereocenters. The average molecular weight is 429 g/mol. The van der Waals surface area contributed by atoms with E-state index in [0.29, 0.717) is 17.2 Å². The van der Waals surface area contributed by atoms with Gasteiger partial charge in [0.25, 0.3) is 0 Å². The first-order valence-electron chi connectivity index (χ1n) is 9.85. The van der Waals surface area contributed by atoms with E-state index in [4.69, 9.17) is 26.6 Å². The van der Waals surface area contributed by atoms with Gasteiger partial charge in [0.1, 0.15) is 6.10 Å². The van der Waals surface area contributed by atoms with Crippen molar-refractivity contribution in [3.05, 3.63) is 106 Å². The van der Waals surface area contributed by atoms with Gasteiger partial charge in [-0.3, -0.25) is 4.98 Å². The van der Waals surface area contributed by atoms with Crippen LogP contribution in [0.15, 0.2) is 73.2 Å². The zero-order chi connectivity index (χ0) is 21.8. The fourth-order valence-electron chi connectivity index (χ4n) is 3.47. The molecule has 31 heavy (non-hydrogen) atoms. The van der Waals surface area contributed by atoms with Crippen molar-refractivity contribution in [3.63, 3.8) is 0 Å². The molecule has 0 spiro atoms. The molecule has 154 valence electrons. The van der Waals surface area contributed by atoms with E-state index in [0.717, 1.165) is 33.8 Å².